The van der Waals surface area contributed by atoms with Gasteiger partial charge < -0.3 is 25.8 Å². The van der Waals surface area contributed by atoms with Crippen molar-refractivity contribution in [1.29, 1.82) is 0 Å². The van der Waals surface area contributed by atoms with Crippen molar-refractivity contribution in [3.8, 4) is 11.5 Å². The molecule has 0 aliphatic heterocycles. The molecule has 6 nitrogen and oxygen atoms in total. The van der Waals surface area contributed by atoms with Crippen LogP contribution in [-0.2, 0) is 6.54 Å². The minimum atomic E-state index is -0.154. The molecule has 2 rings (SSSR count). The average molecular weight is 512 g/mol. The van der Waals surface area contributed by atoms with Crippen molar-refractivity contribution in [1.82, 2.24) is 10.6 Å². The number of nitrogens with zero attached hydrogens (tertiary/aromatic N) is 1. The summed E-state index contributed by atoms with van der Waals surface area (Å²) in [6.45, 7) is 7.56. The molecule has 29 heavy (non-hydrogen) atoms. The van der Waals surface area contributed by atoms with Gasteiger partial charge in [0.25, 0.3) is 0 Å². The number of rotatable bonds is 9. The van der Waals surface area contributed by atoms with Crippen LogP contribution in [0.3, 0.4) is 0 Å². The van der Waals surface area contributed by atoms with E-state index in [0.29, 0.717) is 30.5 Å². The van der Waals surface area contributed by atoms with Gasteiger partial charge in [-0.3, -0.25) is 0 Å². The second-order valence-electron chi connectivity index (χ2n) is 7.40. The molecule has 0 saturated heterocycles. The third-order valence-corrected chi connectivity index (χ3v) is 4.50. The first-order chi connectivity index (χ1) is 13.3. The molecule has 0 bridgehead atoms. The van der Waals surface area contributed by atoms with Gasteiger partial charge in [-0.2, -0.15) is 0 Å². The van der Waals surface area contributed by atoms with Crippen LogP contribution < -0.4 is 25.8 Å². The molecule has 0 saturated carbocycles. The van der Waals surface area contributed by atoms with E-state index >= 15 is 0 Å². The molecule has 2 aromatic carbocycles. The van der Waals surface area contributed by atoms with Crippen molar-refractivity contribution >= 4 is 29.9 Å². The van der Waals surface area contributed by atoms with E-state index in [4.69, 9.17) is 15.2 Å². The highest BCUT2D eigenvalue weighted by Gasteiger charge is 2.20. The Morgan fingerprint density at radius 2 is 1.72 bits per heavy atom. The lowest BCUT2D eigenvalue weighted by molar-refractivity contribution is 0.345. The van der Waals surface area contributed by atoms with E-state index in [-0.39, 0.29) is 35.6 Å². The second kappa shape index (κ2) is 11.9. The number of nitrogens with one attached hydrogen (secondary N) is 2. The zero-order valence-corrected chi connectivity index (χ0v) is 20.2. The van der Waals surface area contributed by atoms with Gasteiger partial charge in [0.15, 0.2) is 17.5 Å². The van der Waals surface area contributed by atoms with Gasteiger partial charge >= 0.3 is 0 Å². The Morgan fingerprint density at radius 1 is 1.07 bits per heavy atom. The number of aliphatic imine (C=N–C) groups is 1. The minimum absolute atomic E-state index is 0. The Hall–Kier alpha value is -2.00. The van der Waals surface area contributed by atoms with Crippen LogP contribution in [0.2, 0.25) is 0 Å². The molecular weight excluding hydrogens is 479 g/mol. The molecular formula is C22H33IN4O2. The van der Waals surface area contributed by atoms with Crippen LogP contribution in [0.25, 0.3) is 0 Å². The van der Waals surface area contributed by atoms with Crippen molar-refractivity contribution < 1.29 is 9.47 Å². The lowest BCUT2D eigenvalue weighted by atomic mass is 10.0. The maximum atomic E-state index is 6.05. The molecule has 0 aliphatic rings. The summed E-state index contributed by atoms with van der Waals surface area (Å²) in [5.41, 5.74) is 8.15. The van der Waals surface area contributed by atoms with E-state index in [2.05, 4.69) is 60.7 Å². The predicted octanol–water partition coefficient (Wildman–Crippen LogP) is 3.86. The van der Waals surface area contributed by atoms with Crippen LogP contribution in [0, 0.1) is 0 Å². The summed E-state index contributed by atoms with van der Waals surface area (Å²) in [5.74, 6) is 1.79. The molecule has 1 unspecified atom stereocenters. The first-order valence-electron chi connectivity index (χ1n) is 9.42. The molecule has 160 valence electrons. The Bertz CT molecular complexity index is 782. The molecule has 2 aromatic rings. The summed E-state index contributed by atoms with van der Waals surface area (Å²) >= 11 is 0. The number of ether oxygens (including phenoxy) is 2. The van der Waals surface area contributed by atoms with Crippen molar-refractivity contribution in [2.45, 2.75) is 38.9 Å². The van der Waals surface area contributed by atoms with Gasteiger partial charge in [-0.1, -0.05) is 36.4 Å². The van der Waals surface area contributed by atoms with Gasteiger partial charge in [-0.15, -0.1) is 24.0 Å². The number of methoxy groups -OCH3 is 2. The normalized spacial score (nSPS) is 12.7. The van der Waals surface area contributed by atoms with Gasteiger partial charge in [0.1, 0.15) is 0 Å². The standard InChI is InChI=1S/C22H32N4O2.HI/c1-16(18-9-7-6-8-10-18)26-22(2,3)15-25-21(23)24-14-17-11-12-19(27-4)20(13-17)28-5;/h6-13,16,26H,14-15H2,1-5H3,(H3,23,24,25);1H. The Morgan fingerprint density at radius 3 is 2.34 bits per heavy atom. The molecule has 0 aliphatic carbocycles. The molecule has 0 fully saturated rings. The predicted molar refractivity (Wildman–Crippen MR) is 130 cm³/mol. The third-order valence-electron chi connectivity index (χ3n) is 4.50. The molecule has 1 atom stereocenters. The Kier molecular flexibility index (Phi) is 10.2. The van der Waals surface area contributed by atoms with E-state index in [0.717, 1.165) is 5.56 Å². The zero-order chi connectivity index (χ0) is 20.6. The molecule has 0 amide bonds. The lowest BCUT2D eigenvalue weighted by Gasteiger charge is -2.31. The van der Waals surface area contributed by atoms with Crippen LogP contribution in [0.5, 0.6) is 11.5 Å². The van der Waals surface area contributed by atoms with Gasteiger partial charge in [-0.25, -0.2) is 4.99 Å². The summed E-state index contributed by atoms with van der Waals surface area (Å²) in [5, 5.41) is 6.84. The number of nitrogens with two attached hydrogens (primary N) is 1. The van der Waals surface area contributed by atoms with E-state index in [1.807, 2.05) is 24.3 Å². The van der Waals surface area contributed by atoms with Crippen LogP contribution in [-0.4, -0.2) is 32.3 Å². The fraction of sp³-hybridized carbons (Fsp3) is 0.409. The van der Waals surface area contributed by atoms with Gasteiger partial charge in [0, 0.05) is 18.1 Å². The molecule has 0 heterocycles. The largest absolute Gasteiger partial charge is 0.493 e. The highest BCUT2D eigenvalue weighted by atomic mass is 127. The summed E-state index contributed by atoms with van der Waals surface area (Å²) in [7, 11) is 3.23. The highest BCUT2D eigenvalue weighted by molar-refractivity contribution is 14.0. The number of halogens is 1. The van der Waals surface area contributed by atoms with E-state index in [9.17, 15) is 0 Å². The fourth-order valence-corrected chi connectivity index (χ4v) is 2.99. The smallest absolute Gasteiger partial charge is 0.188 e. The quantitative estimate of drug-likeness (QED) is 0.270. The van der Waals surface area contributed by atoms with Crippen molar-refractivity contribution in [3.63, 3.8) is 0 Å². The van der Waals surface area contributed by atoms with Gasteiger partial charge in [0.2, 0.25) is 0 Å². The average Bonchev–Trinajstić information content (AvgIpc) is 2.70. The summed E-state index contributed by atoms with van der Waals surface area (Å²) < 4.78 is 10.6. The minimum Gasteiger partial charge on any atom is -0.493 e. The number of hydrogen-bond donors (Lipinski definition) is 3. The first kappa shape index (κ1) is 25.0. The number of guanidine groups is 1. The fourth-order valence-electron chi connectivity index (χ4n) is 2.99. The summed E-state index contributed by atoms with van der Waals surface area (Å²) in [4.78, 5) is 4.42. The topological polar surface area (TPSA) is 80.9 Å². The molecule has 0 radical (unpaired) electrons. The van der Waals surface area contributed by atoms with E-state index in [1.54, 1.807) is 14.2 Å². The second-order valence-corrected chi connectivity index (χ2v) is 7.40. The number of benzene rings is 2. The van der Waals surface area contributed by atoms with Crippen LogP contribution in [0.15, 0.2) is 53.5 Å². The highest BCUT2D eigenvalue weighted by Crippen LogP contribution is 2.27. The van der Waals surface area contributed by atoms with Crippen LogP contribution in [0.4, 0.5) is 0 Å². The molecule has 0 aromatic heterocycles. The Balaban J connectivity index is 0.00000420. The molecule has 7 heteroatoms. The first-order valence-corrected chi connectivity index (χ1v) is 9.42. The van der Waals surface area contributed by atoms with Gasteiger partial charge in [-0.05, 0) is 44.0 Å². The van der Waals surface area contributed by atoms with Crippen molar-refractivity contribution in [2.24, 2.45) is 10.7 Å². The monoisotopic (exact) mass is 512 g/mol. The third kappa shape index (κ3) is 8.10. The van der Waals surface area contributed by atoms with Crippen molar-refractivity contribution in [3.05, 3.63) is 59.7 Å². The van der Waals surface area contributed by atoms with Gasteiger partial charge in [0.05, 0.1) is 20.8 Å². The number of hydrogen-bond acceptors (Lipinski definition) is 4. The maximum absolute atomic E-state index is 6.05. The van der Waals surface area contributed by atoms with Crippen LogP contribution >= 0.6 is 24.0 Å². The van der Waals surface area contributed by atoms with Crippen molar-refractivity contribution in [2.75, 3.05) is 20.8 Å². The van der Waals surface area contributed by atoms with E-state index < -0.39 is 0 Å². The summed E-state index contributed by atoms with van der Waals surface area (Å²) in [6, 6.07) is 16.3. The van der Waals surface area contributed by atoms with E-state index in [1.165, 1.54) is 5.56 Å². The SMILES string of the molecule is COc1ccc(CN=C(N)NCC(C)(C)NC(C)c2ccccc2)cc1OC.I. The zero-order valence-electron chi connectivity index (χ0n) is 17.9. The molecule has 4 N–H and O–H groups in total. The lowest BCUT2D eigenvalue weighted by Crippen LogP contribution is -2.51. The Labute approximate surface area is 191 Å². The maximum Gasteiger partial charge on any atom is 0.188 e. The summed E-state index contributed by atoms with van der Waals surface area (Å²) in [6.07, 6.45) is 0. The molecule has 0 spiro atoms. The van der Waals surface area contributed by atoms with Crippen LogP contribution in [0.1, 0.15) is 37.9 Å².